The Hall–Kier alpha value is -2.50. The van der Waals surface area contributed by atoms with Gasteiger partial charge in [-0.15, -0.1) is 10.2 Å². The molecule has 1 amide bonds. The average molecular weight is 314 g/mol. The van der Waals surface area contributed by atoms with Crippen molar-refractivity contribution >= 4 is 17.4 Å². The Kier molecular flexibility index (Phi) is 4.50. The molecule has 5 nitrogen and oxygen atoms in total. The first kappa shape index (κ1) is 15.4. The zero-order valence-corrected chi connectivity index (χ0v) is 13.0. The number of nitrogens with one attached hydrogen (secondary N) is 1. The summed E-state index contributed by atoms with van der Waals surface area (Å²) in [5.41, 5.74) is 0.923. The molecular formula is C17H19FN4O. The molecule has 0 radical (unpaired) electrons. The number of nitrogens with zero attached hydrogens (tertiary/aromatic N) is 3. The lowest BCUT2D eigenvalue weighted by Gasteiger charge is -2.30. The predicted octanol–water partition coefficient (Wildman–Crippen LogP) is 3.23. The average Bonchev–Trinajstić information content (AvgIpc) is 2.55. The van der Waals surface area contributed by atoms with E-state index in [0.717, 1.165) is 25.9 Å². The van der Waals surface area contributed by atoms with Crippen LogP contribution in [0, 0.1) is 11.7 Å². The van der Waals surface area contributed by atoms with Crippen molar-refractivity contribution in [3.8, 4) is 0 Å². The third kappa shape index (κ3) is 3.83. The standard InChI is InChI=1S/C17H19FN4O/c1-12-4-3-9-22(11-12)17(23)15-7-8-16(21-20-15)19-14-6-2-5-13(18)10-14/h2,5-8,10,12H,3-4,9,11H2,1H3,(H,19,21). The highest BCUT2D eigenvalue weighted by molar-refractivity contribution is 5.92. The summed E-state index contributed by atoms with van der Waals surface area (Å²) in [7, 11) is 0. The highest BCUT2D eigenvalue weighted by atomic mass is 19.1. The van der Waals surface area contributed by atoms with E-state index in [9.17, 15) is 9.18 Å². The predicted molar refractivity (Wildman–Crippen MR) is 86.0 cm³/mol. The molecule has 1 aromatic carbocycles. The van der Waals surface area contributed by atoms with Crippen LogP contribution in [0.5, 0.6) is 0 Å². The molecule has 1 unspecified atom stereocenters. The van der Waals surface area contributed by atoms with Gasteiger partial charge in [-0.1, -0.05) is 13.0 Å². The number of halogens is 1. The Balaban J connectivity index is 1.68. The molecule has 2 heterocycles. The Labute approximate surface area is 134 Å². The van der Waals surface area contributed by atoms with Gasteiger partial charge in [0, 0.05) is 18.8 Å². The molecule has 1 saturated heterocycles. The van der Waals surface area contributed by atoms with Gasteiger partial charge in [0.25, 0.3) is 5.91 Å². The molecule has 1 aliphatic rings. The van der Waals surface area contributed by atoms with Crippen LogP contribution in [0.25, 0.3) is 0 Å². The minimum atomic E-state index is -0.325. The topological polar surface area (TPSA) is 58.1 Å². The molecule has 6 heteroatoms. The number of benzene rings is 1. The van der Waals surface area contributed by atoms with Crippen LogP contribution in [0.4, 0.5) is 15.9 Å². The maximum atomic E-state index is 13.2. The van der Waals surface area contributed by atoms with Crippen molar-refractivity contribution in [2.24, 2.45) is 5.92 Å². The van der Waals surface area contributed by atoms with E-state index >= 15 is 0 Å². The molecule has 1 aromatic heterocycles. The van der Waals surface area contributed by atoms with Crippen molar-refractivity contribution in [3.63, 3.8) is 0 Å². The number of hydrogen-bond donors (Lipinski definition) is 1. The van der Waals surface area contributed by atoms with Gasteiger partial charge in [-0.25, -0.2) is 4.39 Å². The second-order valence-electron chi connectivity index (χ2n) is 5.94. The van der Waals surface area contributed by atoms with Crippen LogP contribution in [0.1, 0.15) is 30.3 Å². The molecule has 1 aliphatic heterocycles. The largest absolute Gasteiger partial charge is 0.339 e. The molecule has 2 aromatic rings. The molecule has 0 saturated carbocycles. The van der Waals surface area contributed by atoms with Crippen LogP contribution in [0.2, 0.25) is 0 Å². The number of hydrogen-bond acceptors (Lipinski definition) is 4. The van der Waals surface area contributed by atoms with E-state index in [1.165, 1.54) is 12.1 Å². The quantitative estimate of drug-likeness (QED) is 0.945. The van der Waals surface area contributed by atoms with Crippen LogP contribution >= 0.6 is 0 Å². The van der Waals surface area contributed by atoms with Crippen molar-refractivity contribution in [2.45, 2.75) is 19.8 Å². The lowest BCUT2D eigenvalue weighted by molar-refractivity contribution is 0.0676. The summed E-state index contributed by atoms with van der Waals surface area (Å²) in [6, 6.07) is 9.42. The van der Waals surface area contributed by atoms with Crippen molar-refractivity contribution in [1.82, 2.24) is 15.1 Å². The molecule has 0 aliphatic carbocycles. The fraction of sp³-hybridized carbons (Fsp3) is 0.353. The van der Waals surface area contributed by atoms with Gasteiger partial charge in [0.1, 0.15) is 5.82 Å². The molecule has 1 N–H and O–H groups in total. The number of anilines is 2. The second kappa shape index (κ2) is 6.73. The van der Waals surface area contributed by atoms with E-state index in [0.29, 0.717) is 23.1 Å². The molecule has 23 heavy (non-hydrogen) atoms. The van der Waals surface area contributed by atoms with E-state index in [-0.39, 0.29) is 11.7 Å². The number of carbonyl (C=O) groups excluding carboxylic acids is 1. The fourth-order valence-corrected chi connectivity index (χ4v) is 2.76. The number of piperidine rings is 1. The van der Waals surface area contributed by atoms with Crippen molar-refractivity contribution in [3.05, 3.63) is 47.9 Å². The number of rotatable bonds is 3. The third-order valence-electron chi connectivity index (χ3n) is 3.92. The maximum absolute atomic E-state index is 13.2. The maximum Gasteiger partial charge on any atom is 0.274 e. The molecule has 1 fully saturated rings. The van der Waals surface area contributed by atoms with Crippen LogP contribution in [-0.2, 0) is 0 Å². The van der Waals surface area contributed by atoms with Crippen LogP contribution in [-0.4, -0.2) is 34.1 Å². The summed E-state index contributed by atoms with van der Waals surface area (Å²) < 4.78 is 13.2. The normalized spacial score (nSPS) is 17.8. The molecule has 3 rings (SSSR count). The smallest absolute Gasteiger partial charge is 0.274 e. The zero-order chi connectivity index (χ0) is 16.2. The molecule has 0 bridgehead atoms. The third-order valence-corrected chi connectivity index (χ3v) is 3.92. The first-order chi connectivity index (χ1) is 11.1. The Morgan fingerprint density at radius 3 is 2.87 bits per heavy atom. The summed E-state index contributed by atoms with van der Waals surface area (Å²) >= 11 is 0. The lowest BCUT2D eigenvalue weighted by Crippen LogP contribution is -2.39. The first-order valence-corrected chi connectivity index (χ1v) is 7.77. The van der Waals surface area contributed by atoms with Gasteiger partial charge in [0.2, 0.25) is 0 Å². The zero-order valence-electron chi connectivity index (χ0n) is 13.0. The minimum absolute atomic E-state index is 0.0821. The van der Waals surface area contributed by atoms with E-state index in [1.54, 1.807) is 24.3 Å². The minimum Gasteiger partial charge on any atom is -0.339 e. The van der Waals surface area contributed by atoms with E-state index in [2.05, 4.69) is 22.4 Å². The Bertz CT molecular complexity index is 689. The monoisotopic (exact) mass is 314 g/mol. The van der Waals surface area contributed by atoms with E-state index in [4.69, 9.17) is 0 Å². The van der Waals surface area contributed by atoms with E-state index in [1.807, 2.05) is 4.90 Å². The van der Waals surface area contributed by atoms with E-state index < -0.39 is 0 Å². The number of likely N-dealkylation sites (tertiary alicyclic amines) is 1. The van der Waals surface area contributed by atoms with Gasteiger partial charge in [-0.2, -0.15) is 0 Å². The molecular weight excluding hydrogens is 295 g/mol. The van der Waals surface area contributed by atoms with Crippen LogP contribution in [0.3, 0.4) is 0 Å². The number of carbonyl (C=O) groups is 1. The number of aromatic nitrogens is 2. The summed E-state index contributed by atoms with van der Waals surface area (Å²) in [6.07, 6.45) is 2.19. The molecule has 1 atom stereocenters. The first-order valence-electron chi connectivity index (χ1n) is 7.77. The van der Waals surface area contributed by atoms with Gasteiger partial charge in [0.05, 0.1) is 0 Å². The fourth-order valence-electron chi connectivity index (χ4n) is 2.76. The highest BCUT2D eigenvalue weighted by Crippen LogP contribution is 2.18. The SMILES string of the molecule is CC1CCCN(C(=O)c2ccc(Nc3cccc(F)c3)nn2)C1. The lowest BCUT2D eigenvalue weighted by atomic mass is 10.00. The Morgan fingerprint density at radius 1 is 1.30 bits per heavy atom. The number of amides is 1. The summed E-state index contributed by atoms with van der Waals surface area (Å²) in [5.74, 6) is 0.587. The van der Waals surface area contributed by atoms with Crippen LogP contribution < -0.4 is 5.32 Å². The second-order valence-corrected chi connectivity index (χ2v) is 5.94. The van der Waals surface area contributed by atoms with Gasteiger partial charge >= 0.3 is 0 Å². The van der Waals surface area contributed by atoms with Crippen LogP contribution in [0.15, 0.2) is 36.4 Å². The van der Waals surface area contributed by atoms with Crippen molar-refractivity contribution < 1.29 is 9.18 Å². The summed E-state index contributed by atoms with van der Waals surface area (Å²) in [6.45, 7) is 3.69. The van der Waals surface area contributed by atoms with Crippen molar-refractivity contribution in [1.29, 1.82) is 0 Å². The molecule has 0 spiro atoms. The van der Waals surface area contributed by atoms with Gasteiger partial charge in [0.15, 0.2) is 11.5 Å². The highest BCUT2D eigenvalue weighted by Gasteiger charge is 2.23. The van der Waals surface area contributed by atoms with Gasteiger partial charge in [-0.3, -0.25) is 4.79 Å². The summed E-state index contributed by atoms with van der Waals surface area (Å²) in [4.78, 5) is 14.2. The molecule has 120 valence electrons. The van der Waals surface area contributed by atoms with Gasteiger partial charge < -0.3 is 10.2 Å². The van der Waals surface area contributed by atoms with Crippen molar-refractivity contribution in [2.75, 3.05) is 18.4 Å². The van der Waals surface area contributed by atoms with Gasteiger partial charge in [-0.05, 0) is 49.1 Å². The Morgan fingerprint density at radius 2 is 2.17 bits per heavy atom. The summed E-state index contributed by atoms with van der Waals surface area (Å²) in [5, 5.41) is 11.0.